The average Bonchev–Trinajstić information content (AvgIpc) is 2.83. The number of carbonyl (C=O) groups excluding carboxylic acids is 1. The number of hydrogen-bond acceptors (Lipinski definition) is 5. The Bertz CT molecular complexity index is 647. The van der Waals surface area contributed by atoms with E-state index in [0.29, 0.717) is 12.1 Å². The molecule has 120 valence electrons. The van der Waals surface area contributed by atoms with Crippen molar-refractivity contribution < 1.29 is 13.2 Å². The van der Waals surface area contributed by atoms with E-state index >= 15 is 0 Å². The smallest absolute Gasteiger partial charge is 0.255 e. The number of sulfone groups is 1. The van der Waals surface area contributed by atoms with Crippen molar-refractivity contribution in [3.8, 4) is 0 Å². The molecule has 1 aromatic heterocycles. The molecular formula is C15H21N3O3S. The molecule has 2 fully saturated rings. The minimum atomic E-state index is -3.08. The van der Waals surface area contributed by atoms with Crippen molar-refractivity contribution >= 4 is 15.7 Å². The van der Waals surface area contributed by atoms with Crippen LogP contribution >= 0.6 is 0 Å². The summed E-state index contributed by atoms with van der Waals surface area (Å²) in [5, 5.41) is 0. The normalized spacial score (nSPS) is 27.6. The largest absolute Gasteiger partial charge is 0.332 e. The van der Waals surface area contributed by atoms with E-state index in [1.807, 2.05) is 0 Å². The maximum Gasteiger partial charge on any atom is 0.255 e. The van der Waals surface area contributed by atoms with Gasteiger partial charge in [0.05, 0.1) is 23.1 Å². The molecule has 0 saturated carbocycles. The Balaban J connectivity index is 1.86. The van der Waals surface area contributed by atoms with Crippen molar-refractivity contribution in [2.24, 2.45) is 0 Å². The van der Waals surface area contributed by atoms with Gasteiger partial charge in [-0.3, -0.25) is 14.7 Å². The molecule has 0 radical (unpaired) electrons. The molecule has 0 aliphatic carbocycles. The van der Waals surface area contributed by atoms with Gasteiger partial charge in [-0.1, -0.05) is 6.92 Å². The Labute approximate surface area is 131 Å². The maximum atomic E-state index is 12.7. The standard InChI is InChI=1S/C15H21N3O3S/c1-2-6-17-7-8-18(14-11-22(20,21)10-13(14)17)15(19)12-4-3-5-16-9-12/h3-5,9,13-14H,2,6-8,10-11H2,1H3/t13-,14+/m1/s1. The zero-order valence-corrected chi connectivity index (χ0v) is 13.5. The summed E-state index contributed by atoms with van der Waals surface area (Å²) in [6.07, 6.45) is 4.15. The molecule has 2 aliphatic rings. The fourth-order valence-corrected chi connectivity index (χ4v) is 5.51. The van der Waals surface area contributed by atoms with Gasteiger partial charge in [0.25, 0.3) is 5.91 Å². The molecule has 0 N–H and O–H groups in total. The summed E-state index contributed by atoms with van der Waals surface area (Å²) in [6, 6.07) is 3.15. The van der Waals surface area contributed by atoms with E-state index in [-0.39, 0.29) is 29.5 Å². The quantitative estimate of drug-likeness (QED) is 0.806. The lowest BCUT2D eigenvalue weighted by Gasteiger charge is -2.43. The molecule has 0 bridgehead atoms. The first-order chi connectivity index (χ1) is 10.5. The summed E-state index contributed by atoms with van der Waals surface area (Å²) >= 11 is 0. The summed E-state index contributed by atoms with van der Waals surface area (Å²) in [4.78, 5) is 20.6. The molecule has 7 heteroatoms. The van der Waals surface area contributed by atoms with Gasteiger partial charge in [0.15, 0.2) is 9.84 Å². The molecule has 22 heavy (non-hydrogen) atoms. The SMILES string of the molecule is CCCN1CCN(C(=O)c2cccnc2)[C@H]2CS(=O)(=O)C[C@H]21. The Morgan fingerprint density at radius 1 is 1.32 bits per heavy atom. The van der Waals surface area contributed by atoms with Crippen molar-refractivity contribution in [2.45, 2.75) is 25.4 Å². The Kier molecular flexibility index (Phi) is 4.18. The van der Waals surface area contributed by atoms with Gasteiger partial charge >= 0.3 is 0 Å². The van der Waals surface area contributed by atoms with E-state index in [0.717, 1.165) is 19.5 Å². The van der Waals surface area contributed by atoms with Crippen molar-refractivity contribution in [1.82, 2.24) is 14.8 Å². The molecular weight excluding hydrogens is 302 g/mol. The predicted octanol–water partition coefficient (Wildman–Crippen LogP) is 0.415. The van der Waals surface area contributed by atoms with Gasteiger partial charge in [-0.05, 0) is 25.1 Å². The molecule has 2 atom stereocenters. The van der Waals surface area contributed by atoms with Gasteiger partial charge in [0.1, 0.15) is 0 Å². The van der Waals surface area contributed by atoms with Crippen molar-refractivity contribution in [2.75, 3.05) is 31.1 Å². The molecule has 2 saturated heterocycles. The van der Waals surface area contributed by atoms with Crippen LogP contribution in [0.25, 0.3) is 0 Å². The lowest BCUT2D eigenvalue weighted by atomic mass is 10.0. The van der Waals surface area contributed by atoms with Gasteiger partial charge in [-0.25, -0.2) is 8.42 Å². The van der Waals surface area contributed by atoms with E-state index in [4.69, 9.17) is 0 Å². The minimum absolute atomic E-state index is 0.0701. The zero-order valence-electron chi connectivity index (χ0n) is 12.7. The predicted molar refractivity (Wildman–Crippen MR) is 83.4 cm³/mol. The highest BCUT2D eigenvalue weighted by atomic mass is 32.2. The molecule has 3 rings (SSSR count). The van der Waals surface area contributed by atoms with Crippen molar-refractivity contribution in [3.05, 3.63) is 30.1 Å². The van der Waals surface area contributed by atoms with E-state index in [1.165, 1.54) is 0 Å². The fraction of sp³-hybridized carbons (Fsp3) is 0.600. The number of piperazine rings is 1. The number of aromatic nitrogens is 1. The number of nitrogens with zero attached hydrogens (tertiary/aromatic N) is 3. The molecule has 0 spiro atoms. The second-order valence-corrected chi connectivity index (χ2v) is 8.14. The van der Waals surface area contributed by atoms with E-state index in [1.54, 1.807) is 29.4 Å². The molecule has 0 unspecified atom stereocenters. The molecule has 3 heterocycles. The van der Waals surface area contributed by atoms with Crippen LogP contribution in [0.2, 0.25) is 0 Å². The first kappa shape index (κ1) is 15.4. The van der Waals surface area contributed by atoms with Crippen LogP contribution in [-0.2, 0) is 9.84 Å². The topological polar surface area (TPSA) is 70.6 Å². The van der Waals surface area contributed by atoms with Crippen LogP contribution in [0.5, 0.6) is 0 Å². The lowest BCUT2D eigenvalue weighted by molar-refractivity contribution is 0.0333. The zero-order chi connectivity index (χ0) is 15.7. The number of amides is 1. The number of pyridine rings is 1. The summed E-state index contributed by atoms with van der Waals surface area (Å²) in [5.74, 6) is 0.120. The molecule has 2 aliphatic heterocycles. The minimum Gasteiger partial charge on any atom is -0.332 e. The third-order valence-corrected chi connectivity index (χ3v) is 6.17. The van der Waals surface area contributed by atoms with Crippen LogP contribution in [-0.4, -0.2) is 72.3 Å². The van der Waals surface area contributed by atoms with Crippen LogP contribution in [0.1, 0.15) is 23.7 Å². The second kappa shape index (κ2) is 5.96. The summed E-state index contributed by atoms with van der Waals surface area (Å²) in [5.41, 5.74) is 0.523. The molecule has 0 aromatic carbocycles. The summed E-state index contributed by atoms with van der Waals surface area (Å²) in [6.45, 7) is 4.28. The van der Waals surface area contributed by atoms with E-state index in [9.17, 15) is 13.2 Å². The average molecular weight is 323 g/mol. The van der Waals surface area contributed by atoms with Crippen LogP contribution in [0, 0.1) is 0 Å². The Morgan fingerprint density at radius 3 is 2.77 bits per heavy atom. The van der Waals surface area contributed by atoms with Gasteiger partial charge < -0.3 is 4.90 Å². The summed E-state index contributed by atoms with van der Waals surface area (Å²) in [7, 11) is -3.08. The third-order valence-electron chi connectivity index (χ3n) is 4.47. The monoisotopic (exact) mass is 323 g/mol. The highest BCUT2D eigenvalue weighted by molar-refractivity contribution is 7.91. The first-order valence-electron chi connectivity index (χ1n) is 7.67. The van der Waals surface area contributed by atoms with Crippen LogP contribution in [0.4, 0.5) is 0 Å². The highest BCUT2D eigenvalue weighted by Crippen LogP contribution is 2.28. The van der Waals surface area contributed by atoms with Gasteiger partial charge in [-0.2, -0.15) is 0 Å². The molecule has 6 nitrogen and oxygen atoms in total. The number of carbonyl (C=O) groups is 1. The van der Waals surface area contributed by atoms with E-state index in [2.05, 4.69) is 16.8 Å². The van der Waals surface area contributed by atoms with Crippen LogP contribution in [0.15, 0.2) is 24.5 Å². The fourth-order valence-electron chi connectivity index (χ4n) is 3.50. The van der Waals surface area contributed by atoms with Gasteiger partial charge in [-0.15, -0.1) is 0 Å². The first-order valence-corrected chi connectivity index (χ1v) is 9.49. The molecule has 1 amide bonds. The third kappa shape index (κ3) is 2.87. The number of fused-ring (bicyclic) bond motifs is 1. The highest BCUT2D eigenvalue weighted by Gasteiger charge is 2.47. The molecule has 1 aromatic rings. The van der Waals surface area contributed by atoms with Crippen molar-refractivity contribution in [3.63, 3.8) is 0 Å². The van der Waals surface area contributed by atoms with Crippen LogP contribution in [0.3, 0.4) is 0 Å². The van der Waals surface area contributed by atoms with Crippen LogP contribution < -0.4 is 0 Å². The lowest BCUT2D eigenvalue weighted by Crippen LogP contribution is -2.60. The van der Waals surface area contributed by atoms with Gasteiger partial charge in [0.2, 0.25) is 0 Å². The summed E-state index contributed by atoms with van der Waals surface area (Å²) < 4.78 is 24.1. The van der Waals surface area contributed by atoms with E-state index < -0.39 is 9.84 Å². The number of hydrogen-bond donors (Lipinski definition) is 0. The number of rotatable bonds is 3. The van der Waals surface area contributed by atoms with Crippen molar-refractivity contribution in [1.29, 1.82) is 0 Å². The Morgan fingerprint density at radius 2 is 2.09 bits per heavy atom. The maximum absolute atomic E-state index is 12.7. The van der Waals surface area contributed by atoms with Gasteiger partial charge in [0, 0.05) is 31.5 Å². The second-order valence-electron chi connectivity index (χ2n) is 5.99. The Hall–Kier alpha value is -1.47.